The van der Waals surface area contributed by atoms with Gasteiger partial charge in [0, 0.05) is 7.11 Å². The summed E-state index contributed by atoms with van der Waals surface area (Å²) in [6, 6.07) is 6.10. The number of ether oxygens (including phenoxy) is 1. The van der Waals surface area contributed by atoms with Gasteiger partial charge in [0.1, 0.15) is 12.1 Å². The minimum absolute atomic E-state index is 0.157. The first-order chi connectivity index (χ1) is 13.0. The molecule has 2 N–H and O–H groups in total. The van der Waals surface area contributed by atoms with Crippen LogP contribution in [0.2, 0.25) is 0 Å². The summed E-state index contributed by atoms with van der Waals surface area (Å²) in [5.41, 5.74) is -0.791. The van der Waals surface area contributed by atoms with Crippen LogP contribution in [0.15, 0.2) is 21.9 Å². The van der Waals surface area contributed by atoms with Crippen molar-refractivity contribution in [2.75, 3.05) is 26.8 Å². The van der Waals surface area contributed by atoms with Crippen LogP contribution in [0, 0.1) is 17.2 Å². The highest BCUT2D eigenvalue weighted by molar-refractivity contribution is 7.13. The Morgan fingerprint density at radius 1 is 1.56 bits per heavy atom. The summed E-state index contributed by atoms with van der Waals surface area (Å²) in [6.45, 7) is 3.55. The first-order valence-corrected chi connectivity index (χ1v) is 9.83. The van der Waals surface area contributed by atoms with E-state index in [4.69, 9.17) is 9.15 Å². The van der Waals surface area contributed by atoms with Crippen LogP contribution in [-0.2, 0) is 16.1 Å². The fourth-order valence-corrected chi connectivity index (χ4v) is 3.61. The molecular formula is C18H24N5O3S+. The number of nitrogens with zero attached hydrogens (tertiary/aromatic N) is 3. The van der Waals surface area contributed by atoms with Gasteiger partial charge in [0.25, 0.3) is 17.7 Å². The third-order valence-electron chi connectivity index (χ3n) is 4.70. The Hall–Kier alpha value is -2.28. The lowest BCUT2D eigenvalue weighted by molar-refractivity contribution is -0.907. The van der Waals surface area contributed by atoms with Crippen molar-refractivity contribution in [2.24, 2.45) is 5.92 Å². The first kappa shape index (κ1) is 19.5. The van der Waals surface area contributed by atoms with Gasteiger partial charge in [0.05, 0.1) is 17.6 Å². The van der Waals surface area contributed by atoms with Gasteiger partial charge in [-0.15, -0.1) is 21.5 Å². The number of hydrogen-bond donors (Lipinski definition) is 2. The molecule has 1 amide bonds. The molecule has 8 nitrogen and oxygen atoms in total. The highest BCUT2D eigenvalue weighted by atomic mass is 32.1. The van der Waals surface area contributed by atoms with E-state index in [1.807, 2.05) is 17.5 Å². The molecule has 0 bridgehead atoms. The number of hydrogen-bond acceptors (Lipinski definition) is 7. The molecule has 27 heavy (non-hydrogen) atoms. The molecule has 1 fully saturated rings. The van der Waals surface area contributed by atoms with Crippen LogP contribution >= 0.6 is 11.3 Å². The van der Waals surface area contributed by atoms with Crippen LogP contribution in [0.5, 0.6) is 0 Å². The highest BCUT2D eigenvalue weighted by Crippen LogP contribution is 2.39. The van der Waals surface area contributed by atoms with E-state index in [0.717, 1.165) is 22.6 Å². The molecule has 2 aromatic heterocycles. The third-order valence-corrected chi connectivity index (χ3v) is 5.55. The van der Waals surface area contributed by atoms with Crippen LogP contribution in [0.3, 0.4) is 0 Å². The maximum absolute atomic E-state index is 12.5. The average Bonchev–Trinajstić information content (AvgIpc) is 3.18. The van der Waals surface area contributed by atoms with E-state index in [0.29, 0.717) is 31.5 Å². The topological polar surface area (TPSA) is 105 Å². The predicted molar refractivity (Wildman–Crippen MR) is 98.8 cm³/mol. The van der Waals surface area contributed by atoms with Crippen LogP contribution in [0.25, 0.3) is 10.8 Å². The summed E-state index contributed by atoms with van der Waals surface area (Å²) >= 11 is 1.53. The molecule has 1 aliphatic rings. The molecule has 0 saturated heterocycles. The molecule has 144 valence electrons. The maximum atomic E-state index is 12.5. The first-order valence-electron chi connectivity index (χ1n) is 8.95. The number of aromatic nitrogens is 2. The van der Waals surface area contributed by atoms with E-state index in [9.17, 15) is 10.1 Å². The zero-order valence-electron chi connectivity index (χ0n) is 15.5. The fourth-order valence-electron chi connectivity index (χ4n) is 2.97. The summed E-state index contributed by atoms with van der Waals surface area (Å²) in [5.74, 6) is 1.05. The lowest BCUT2D eigenvalue weighted by Crippen LogP contribution is -3.12. The van der Waals surface area contributed by atoms with Crippen molar-refractivity contribution in [3.05, 3.63) is 23.4 Å². The normalized spacial score (nSPS) is 17.1. The lowest BCUT2D eigenvalue weighted by atomic mass is 9.98. The van der Waals surface area contributed by atoms with E-state index in [-0.39, 0.29) is 18.4 Å². The Morgan fingerprint density at radius 2 is 2.37 bits per heavy atom. The van der Waals surface area contributed by atoms with E-state index >= 15 is 0 Å². The fraction of sp³-hybridized carbons (Fsp3) is 0.556. The second-order valence-corrected chi connectivity index (χ2v) is 7.91. The Labute approximate surface area is 162 Å². The van der Waals surface area contributed by atoms with Gasteiger partial charge in [0.2, 0.25) is 0 Å². The number of nitrogens with one attached hydrogen (secondary N) is 2. The Bertz CT molecular complexity index is 796. The lowest BCUT2D eigenvalue weighted by Gasteiger charge is -2.24. The van der Waals surface area contributed by atoms with Crippen molar-refractivity contribution in [1.82, 2.24) is 15.5 Å². The van der Waals surface area contributed by atoms with Gasteiger partial charge >= 0.3 is 0 Å². The molecule has 0 radical (unpaired) electrons. The van der Waals surface area contributed by atoms with Crippen molar-refractivity contribution in [3.8, 4) is 16.8 Å². The van der Waals surface area contributed by atoms with Crippen LogP contribution in [0.1, 0.15) is 25.7 Å². The number of rotatable bonds is 10. The molecule has 1 aliphatic carbocycles. The van der Waals surface area contributed by atoms with Crippen LogP contribution < -0.4 is 10.2 Å². The van der Waals surface area contributed by atoms with Crippen molar-refractivity contribution in [3.63, 3.8) is 0 Å². The smallest absolute Gasteiger partial charge is 0.276 e. The second kappa shape index (κ2) is 8.61. The summed E-state index contributed by atoms with van der Waals surface area (Å²) in [5, 5.41) is 22.5. The Morgan fingerprint density at radius 3 is 3.00 bits per heavy atom. The Kier molecular flexibility index (Phi) is 6.21. The maximum Gasteiger partial charge on any atom is 0.276 e. The summed E-state index contributed by atoms with van der Waals surface area (Å²) in [7, 11) is 1.62. The number of carbonyl (C=O) groups excluding carboxylic acids is 1. The average molecular weight is 390 g/mol. The molecule has 2 aromatic rings. The molecule has 0 aliphatic heterocycles. The van der Waals surface area contributed by atoms with E-state index in [1.165, 1.54) is 11.3 Å². The molecule has 0 spiro atoms. The van der Waals surface area contributed by atoms with Crippen molar-refractivity contribution < 1.29 is 18.8 Å². The minimum atomic E-state index is -0.791. The van der Waals surface area contributed by atoms with E-state index in [2.05, 4.69) is 21.6 Å². The number of amides is 1. The highest BCUT2D eigenvalue weighted by Gasteiger charge is 2.43. The number of thiophene rings is 1. The van der Waals surface area contributed by atoms with Crippen molar-refractivity contribution in [2.45, 2.75) is 31.8 Å². The Balaban J connectivity index is 1.61. The number of quaternary nitrogens is 1. The van der Waals surface area contributed by atoms with Crippen molar-refractivity contribution >= 4 is 17.2 Å². The zero-order valence-corrected chi connectivity index (χ0v) is 16.3. The minimum Gasteiger partial charge on any atom is -0.414 e. The number of methoxy groups -OCH3 is 1. The van der Waals surface area contributed by atoms with Gasteiger partial charge in [-0.3, -0.25) is 4.79 Å². The molecule has 9 heteroatoms. The monoisotopic (exact) mass is 390 g/mol. The van der Waals surface area contributed by atoms with Gasteiger partial charge in [-0.2, -0.15) is 5.26 Å². The molecule has 2 heterocycles. The summed E-state index contributed by atoms with van der Waals surface area (Å²) in [6.07, 6.45) is 1.97. The molecule has 1 saturated carbocycles. The molecule has 0 aromatic carbocycles. The van der Waals surface area contributed by atoms with Gasteiger partial charge in [-0.05, 0) is 37.1 Å². The van der Waals surface area contributed by atoms with Gasteiger partial charge in [-0.25, -0.2) is 0 Å². The van der Waals surface area contributed by atoms with E-state index < -0.39 is 5.54 Å². The summed E-state index contributed by atoms with van der Waals surface area (Å²) < 4.78 is 10.9. The molecular weight excluding hydrogens is 366 g/mol. The van der Waals surface area contributed by atoms with Gasteiger partial charge < -0.3 is 19.4 Å². The largest absolute Gasteiger partial charge is 0.414 e. The van der Waals surface area contributed by atoms with Crippen LogP contribution in [-0.4, -0.2) is 48.4 Å². The quantitative estimate of drug-likeness (QED) is 0.617. The predicted octanol–water partition coefficient (Wildman–Crippen LogP) is 0.638. The second-order valence-electron chi connectivity index (χ2n) is 6.96. The standard InChI is InChI=1S/C18H23N5O3S/c1-18(12-19,13-5-6-13)20-15(24)10-23(7-8-25-2)11-16-21-22-17(26-16)14-4-3-9-27-14/h3-4,9,13H,5-8,10-11H2,1-2H3,(H,20,24)/p+1/t18-/m0/s1. The SMILES string of the molecule is COCC[NH+](CC(=O)N[C@@](C)(C#N)C1CC1)Cc1nnc(-c2cccs2)o1. The molecule has 3 rings (SSSR count). The van der Waals surface area contributed by atoms with Gasteiger partial charge in [0.15, 0.2) is 13.1 Å². The number of nitriles is 1. The molecule has 1 unspecified atom stereocenters. The zero-order chi connectivity index (χ0) is 19.3. The third kappa shape index (κ3) is 5.13. The summed E-state index contributed by atoms with van der Waals surface area (Å²) in [4.78, 5) is 14.4. The van der Waals surface area contributed by atoms with Crippen molar-refractivity contribution in [1.29, 1.82) is 5.26 Å². The van der Waals surface area contributed by atoms with Crippen LogP contribution in [0.4, 0.5) is 0 Å². The van der Waals surface area contributed by atoms with Gasteiger partial charge in [-0.1, -0.05) is 6.07 Å². The molecule has 2 atom stereocenters. The number of carbonyl (C=O) groups is 1. The van der Waals surface area contributed by atoms with E-state index in [1.54, 1.807) is 14.0 Å².